The third-order valence-corrected chi connectivity index (χ3v) is 6.27. The lowest BCUT2D eigenvalue weighted by atomic mass is 9.86. The molecule has 4 aromatic rings. The summed E-state index contributed by atoms with van der Waals surface area (Å²) in [5.74, 6) is 0.746. The van der Waals surface area contributed by atoms with E-state index in [4.69, 9.17) is 9.15 Å². The SMILES string of the molecule is Cc1cc2oc(-c3ccc(C(C)(C)C)cc3)c(OCc3cccs3)c(=O)c2cc1C. The van der Waals surface area contributed by atoms with Crippen molar-refractivity contribution in [2.75, 3.05) is 0 Å². The fourth-order valence-electron chi connectivity index (χ4n) is 3.41. The lowest BCUT2D eigenvalue weighted by Crippen LogP contribution is -2.11. The van der Waals surface area contributed by atoms with Gasteiger partial charge in [-0.05, 0) is 59.5 Å². The molecule has 0 atom stereocenters. The van der Waals surface area contributed by atoms with Crippen molar-refractivity contribution >= 4 is 22.3 Å². The maximum absolute atomic E-state index is 13.4. The Morgan fingerprint density at radius 2 is 1.70 bits per heavy atom. The van der Waals surface area contributed by atoms with Gasteiger partial charge in [0, 0.05) is 10.4 Å². The summed E-state index contributed by atoms with van der Waals surface area (Å²) in [5.41, 5.74) is 4.71. The average molecular weight is 419 g/mol. The molecule has 0 aliphatic carbocycles. The largest absolute Gasteiger partial charge is 0.481 e. The van der Waals surface area contributed by atoms with Gasteiger partial charge < -0.3 is 9.15 Å². The van der Waals surface area contributed by atoms with Crippen LogP contribution in [0.4, 0.5) is 0 Å². The highest BCUT2D eigenvalue weighted by molar-refractivity contribution is 7.09. The van der Waals surface area contributed by atoms with Crippen molar-refractivity contribution in [2.45, 2.75) is 46.6 Å². The monoisotopic (exact) mass is 418 g/mol. The van der Waals surface area contributed by atoms with E-state index in [2.05, 4.69) is 32.9 Å². The normalized spacial score (nSPS) is 11.8. The summed E-state index contributed by atoms with van der Waals surface area (Å²) in [6.45, 7) is 10.9. The van der Waals surface area contributed by atoms with Crippen LogP contribution >= 0.6 is 11.3 Å². The molecule has 2 aromatic heterocycles. The summed E-state index contributed by atoms with van der Waals surface area (Å²) in [6.07, 6.45) is 0. The summed E-state index contributed by atoms with van der Waals surface area (Å²) in [5, 5.41) is 2.55. The zero-order valence-corrected chi connectivity index (χ0v) is 18.9. The Morgan fingerprint density at radius 1 is 1.00 bits per heavy atom. The minimum absolute atomic E-state index is 0.0515. The predicted molar refractivity (Wildman–Crippen MR) is 125 cm³/mol. The van der Waals surface area contributed by atoms with Crippen LogP contribution in [0, 0.1) is 13.8 Å². The Labute approximate surface area is 181 Å². The molecule has 0 spiro atoms. The molecular formula is C26H26O3S. The van der Waals surface area contributed by atoms with Crippen LogP contribution in [0.25, 0.3) is 22.3 Å². The summed E-state index contributed by atoms with van der Waals surface area (Å²) in [4.78, 5) is 14.4. The molecule has 0 saturated heterocycles. The molecule has 0 radical (unpaired) electrons. The van der Waals surface area contributed by atoms with Crippen LogP contribution in [-0.4, -0.2) is 0 Å². The Morgan fingerprint density at radius 3 is 2.33 bits per heavy atom. The van der Waals surface area contributed by atoms with Crippen molar-refractivity contribution in [1.82, 2.24) is 0 Å². The molecule has 3 nitrogen and oxygen atoms in total. The number of benzene rings is 2. The predicted octanol–water partition coefficient (Wildman–Crippen LogP) is 7.01. The minimum atomic E-state index is -0.134. The second-order valence-corrected chi connectivity index (χ2v) is 9.75. The molecule has 0 saturated carbocycles. The molecule has 2 heterocycles. The standard InChI is InChI=1S/C26H26O3S/c1-16-13-21-22(14-17(16)2)29-24(18-8-10-19(11-9-18)26(3,4)5)25(23(21)27)28-15-20-7-6-12-30-20/h6-14H,15H2,1-5H3. The molecule has 154 valence electrons. The zero-order valence-electron chi connectivity index (χ0n) is 18.0. The van der Waals surface area contributed by atoms with Gasteiger partial charge in [0.15, 0.2) is 5.76 Å². The second-order valence-electron chi connectivity index (χ2n) is 8.72. The molecule has 0 fully saturated rings. The van der Waals surface area contributed by atoms with Gasteiger partial charge in [0.1, 0.15) is 12.2 Å². The van der Waals surface area contributed by atoms with Gasteiger partial charge in [-0.1, -0.05) is 51.1 Å². The number of thiophene rings is 1. The topological polar surface area (TPSA) is 39.4 Å². The molecule has 4 heteroatoms. The van der Waals surface area contributed by atoms with E-state index >= 15 is 0 Å². The van der Waals surface area contributed by atoms with Gasteiger partial charge in [0.05, 0.1) is 5.39 Å². The third-order valence-electron chi connectivity index (χ3n) is 5.42. The molecule has 4 rings (SSSR count). The third kappa shape index (κ3) is 3.92. The first-order chi connectivity index (χ1) is 14.2. The molecular weight excluding hydrogens is 392 g/mol. The maximum Gasteiger partial charge on any atom is 0.235 e. The van der Waals surface area contributed by atoms with E-state index in [-0.39, 0.29) is 16.6 Å². The van der Waals surface area contributed by atoms with Gasteiger partial charge in [-0.15, -0.1) is 11.3 Å². The highest BCUT2D eigenvalue weighted by atomic mass is 32.1. The van der Waals surface area contributed by atoms with Gasteiger partial charge in [-0.3, -0.25) is 4.79 Å². The average Bonchev–Trinajstić information content (AvgIpc) is 3.22. The van der Waals surface area contributed by atoms with Crippen molar-refractivity contribution in [3.63, 3.8) is 0 Å². The molecule has 0 unspecified atom stereocenters. The van der Waals surface area contributed by atoms with Gasteiger partial charge >= 0.3 is 0 Å². The van der Waals surface area contributed by atoms with Crippen LogP contribution in [0.2, 0.25) is 0 Å². The fourth-order valence-corrected chi connectivity index (χ4v) is 4.03. The first kappa shape index (κ1) is 20.4. The lowest BCUT2D eigenvalue weighted by molar-refractivity contribution is 0.301. The van der Waals surface area contributed by atoms with Crippen molar-refractivity contribution < 1.29 is 9.15 Å². The molecule has 0 N–H and O–H groups in total. The summed E-state index contributed by atoms with van der Waals surface area (Å²) < 4.78 is 12.3. The van der Waals surface area contributed by atoms with Crippen molar-refractivity contribution in [3.8, 4) is 17.1 Å². The van der Waals surface area contributed by atoms with Gasteiger partial charge in [-0.25, -0.2) is 0 Å². The molecule has 0 amide bonds. The Kier molecular flexibility index (Phi) is 5.29. The molecule has 2 aromatic carbocycles. The highest BCUT2D eigenvalue weighted by Crippen LogP contribution is 2.34. The number of rotatable bonds is 4. The Hall–Kier alpha value is -2.85. The molecule has 30 heavy (non-hydrogen) atoms. The molecule has 0 bridgehead atoms. The van der Waals surface area contributed by atoms with Crippen LogP contribution in [0.3, 0.4) is 0 Å². The summed E-state index contributed by atoms with van der Waals surface area (Å²) >= 11 is 1.60. The number of hydrogen-bond acceptors (Lipinski definition) is 4. The molecule has 0 aliphatic heterocycles. The Balaban J connectivity index is 1.88. The minimum Gasteiger partial charge on any atom is -0.481 e. The van der Waals surface area contributed by atoms with E-state index < -0.39 is 0 Å². The fraction of sp³-hybridized carbons (Fsp3) is 0.269. The van der Waals surface area contributed by atoms with Crippen LogP contribution in [0.15, 0.2) is 63.1 Å². The van der Waals surface area contributed by atoms with Crippen molar-refractivity contribution in [1.29, 1.82) is 0 Å². The van der Waals surface area contributed by atoms with Crippen LogP contribution in [0.1, 0.15) is 42.3 Å². The van der Waals surface area contributed by atoms with E-state index in [0.717, 1.165) is 21.6 Å². The maximum atomic E-state index is 13.4. The van der Waals surface area contributed by atoms with E-state index in [1.165, 1.54) is 5.56 Å². The van der Waals surface area contributed by atoms with Crippen LogP contribution < -0.4 is 10.2 Å². The first-order valence-corrected chi connectivity index (χ1v) is 11.0. The number of aryl methyl sites for hydroxylation is 2. The summed E-state index contributed by atoms with van der Waals surface area (Å²) in [7, 11) is 0. The number of ether oxygens (including phenoxy) is 1. The smallest absolute Gasteiger partial charge is 0.235 e. The van der Waals surface area contributed by atoms with Gasteiger partial charge in [0.25, 0.3) is 0 Å². The van der Waals surface area contributed by atoms with Crippen molar-refractivity contribution in [2.24, 2.45) is 0 Å². The second kappa shape index (κ2) is 7.77. The van der Waals surface area contributed by atoms with E-state index in [1.54, 1.807) is 11.3 Å². The van der Waals surface area contributed by atoms with Gasteiger partial charge in [0.2, 0.25) is 11.2 Å². The van der Waals surface area contributed by atoms with Crippen LogP contribution in [0.5, 0.6) is 5.75 Å². The van der Waals surface area contributed by atoms with Crippen molar-refractivity contribution in [3.05, 3.63) is 85.7 Å². The quantitative estimate of drug-likeness (QED) is 0.358. The summed E-state index contributed by atoms with van der Waals surface area (Å²) in [6, 6.07) is 16.0. The lowest BCUT2D eigenvalue weighted by Gasteiger charge is -2.19. The number of hydrogen-bond donors (Lipinski definition) is 0. The van der Waals surface area contributed by atoms with E-state index in [0.29, 0.717) is 23.3 Å². The van der Waals surface area contributed by atoms with E-state index in [1.807, 2.05) is 55.6 Å². The van der Waals surface area contributed by atoms with Crippen LogP contribution in [-0.2, 0) is 12.0 Å². The first-order valence-electron chi connectivity index (χ1n) is 10.1. The Bertz CT molecular complexity index is 1240. The zero-order chi connectivity index (χ0) is 21.5. The van der Waals surface area contributed by atoms with E-state index in [9.17, 15) is 4.79 Å². The van der Waals surface area contributed by atoms with Gasteiger partial charge in [-0.2, -0.15) is 0 Å². The highest BCUT2D eigenvalue weighted by Gasteiger charge is 2.20. The molecule has 0 aliphatic rings. The number of fused-ring (bicyclic) bond motifs is 1.